The van der Waals surface area contributed by atoms with Crippen LogP contribution in [0.2, 0.25) is 0 Å². The first kappa shape index (κ1) is 8.72. The molecule has 1 heteroatoms. The van der Waals surface area contributed by atoms with Crippen LogP contribution in [0.3, 0.4) is 0 Å². The van der Waals surface area contributed by atoms with E-state index in [2.05, 4.69) is 19.1 Å². The molecule has 0 atom stereocenters. The summed E-state index contributed by atoms with van der Waals surface area (Å²) in [5.74, 6) is 0. The van der Waals surface area contributed by atoms with E-state index < -0.39 is 0 Å². The van der Waals surface area contributed by atoms with E-state index in [4.69, 9.17) is 5.41 Å². The fourth-order valence-corrected chi connectivity index (χ4v) is 1.17. The van der Waals surface area contributed by atoms with Crippen molar-refractivity contribution in [2.75, 3.05) is 0 Å². The minimum atomic E-state index is 0.972. The van der Waals surface area contributed by atoms with Crippen LogP contribution < -0.4 is 0 Å². The Morgan fingerprint density at radius 2 is 2.00 bits per heavy atom. The molecule has 0 saturated carbocycles. The molecule has 0 unspecified atom stereocenters. The van der Waals surface area contributed by atoms with Gasteiger partial charge in [-0.25, -0.2) is 0 Å². The minimum absolute atomic E-state index is 0.972. The number of nitrogens with one attached hydrogen (secondary N) is 1. The second kappa shape index (κ2) is 4.50. The molecule has 0 spiro atoms. The van der Waals surface area contributed by atoms with Crippen LogP contribution in [0.5, 0.6) is 0 Å². The maximum absolute atomic E-state index is 6.98. The van der Waals surface area contributed by atoms with Gasteiger partial charge in [-0.3, -0.25) is 0 Å². The van der Waals surface area contributed by atoms with Crippen LogP contribution in [0.1, 0.15) is 18.9 Å². The first-order valence-electron chi connectivity index (χ1n) is 4.13. The van der Waals surface area contributed by atoms with Crippen LogP contribution >= 0.6 is 0 Å². The summed E-state index contributed by atoms with van der Waals surface area (Å²) in [4.78, 5) is 0. The van der Waals surface area contributed by atoms with Crippen LogP contribution in [-0.4, -0.2) is 6.21 Å². The minimum Gasteiger partial charge on any atom is -0.309 e. The van der Waals surface area contributed by atoms with Gasteiger partial charge < -0.3 is 5.41 Å². The fourth-order valence-electron chi connectivity index (χ4n) is 1.17. The zero-order valence-corrected chi connectivity index (χ0v) is 7.25. The predicted molar refractivity (Wildman–Crippen MR) is 53.5 cm³/mol. The van der Waals surface area contributed by atoms with E-state index in [0.29, 0.717) is 0 Å². The highest BCUT2D eigenvalue weighted by Crippen LogP contribution is 2.15. The third-order valence-electron chi connectivity index (χ3n) is 1.81. The van der Waals surface area contributed by atoms with Crippen molar-refractivity contribution in [3.05, 3.63) is 42.0 Å². The molecule has 1 nitrogen and oxygen atoms in total. The quantitative estimate of drug-likeness (QED) is 0.655. The van der Waals surface area contributed by atoms with E-state index in [-0.39, 0.29) is 0 Å². The molecule has 1 aromatic rings. The molecule has 0 aliphatic rings. The van der Waals surface area contributed by atoms with Gasteiger partial charge in [-0.2, -0.15) is 0 Å². The Hall–Kier alpha value is -1.37. The molecule has 12 heavy (non-hydrogen) atoms. The van der Waals surface area contributed by atoms with Crippen LogP contribution in [0.4, 0.5) is 0 Å². The molecule has 1 N–H and O–H groups in total. The van der Waals surface area contributed by atoms with E-state index in [1.807, 2.05) is 24.3 Å². The molecule has 0 aromatic heterocycles. The Balaban J connectivity index is 2.95. The highest BCUT2D eigenvalue weighted by Gasteiger charge is 1.94. The summed E-state index contributed by atoms with van der Waals surface area (Å²) in [6, 6.07) is 10.2. The summed E-state index contributed by atoms with van der Waals surface area (Å²) in [5, 5.41) is 6.98. The molecule has 0 aliphatic heterocycles. The molecule has 0 bridgehead atoms. The Morgan fingerprint density at radius 1 is 1.33 bits per heavy atom. The molecular formula is C11H13N. The second-order valence-corrected chi connectivity index (χ2v) is 2.58. The van der Waals surface area contributed by atoms with Crippen molar-refractivity contribution in [2.45, 2.75) is 13.3 Å². The average Bonchev–Trinajstić information content (AvgIpc) is 2.15. The zero-order chi connectivity index (χ0) is 8.81. The lowest BCUT2D eigenvalue weighted by Crippen LogP contribution is -1.81. The molecule has 62 valence electrons. The summed E-state index contributed by atoms with van der Waals surface area (Å²) in [7, 11) is 0. The van der Waals surface area contributed by atoms with Gasteiger partial charge in [0, 0.05) is 6.21 Å². The van der Waals surface area contributed by atoms with Crippen LogP contribution in [-0.2, 0) is 0 Å². The summed E-state index contributed by atoms with van der Waals surface area (Å²) in [6.45, 7) is 2.10. The summed E-state index contributed by atoms with van der Waals surface area (Å²) in [6.07, 6.45) is 4.15. The van der Waals surface area contributed by atoms with Gasteiger partial charge in [0.15, 0.2) is 0 Å². The van der Waals surface area contributed by atoms with Crippen molar-refractivity contribution in [3.8, 4) is 0 Å². The topological polar surface area (TPSA) is 23.9 Å². The number of allylic oxidation sites excluding steroid dienone is 2. The van der Waals surface area contributed by atoms with E-state index in [9.17, 15) is 0 Å². The van der Waals surface area contributed by atoms with E-state index in [0.717, 1.165) is 6.42 Å². The van der Waals surface area contributed by atoms with Crippen molar-refractivity contribution in [1.82, 2.24) is 0 Å². The smallest absolute Gasteiger partial charge is 0.0180 e. The summed E-state index contributed by atoms with van der Waals surface area (Å²) < 4.78 is 0. The van der Waals surface area contributed by atoms with Gasteiger partial charge in [-0.05, 0) is 23.6 Å². The van der Waals surface area contributed by atoms with Crippen LogP contribution in [0, 0.1) is 5.41 Å². The van der Waals surface area contributed by atoms with Gasteiger partial charge in [0.1, 0.15) is 0 Å². The molecule has 0 aliphatic carbocycles. The highest BCUT2D eigenvalue weighted by atomic mass is 14.3. The van der Waals surface area contributed by atoms with E-state index >= 15 is 0 Å². The SMILES string of the molecule is CC/C(=C\C=N)c1ccccc1. The second-order valence-electron chi connectivity index (χ2n) is 2.58. The Morgan fingerprint density at radius 3 is 2.50 bits per heavy atom. The standard InChI is InChI=1S/C11H13N/c1-2-10(8-9-12)11-6-4-3-5-7-11/h3-9,12H,2H2,1H3/b10-8+,12-9?. The predicted octanol–water partition coefficient (Wildman–Crippen LogP) is 3.13. The van der Waals surface area contributed by atoms with Crippen LogP contribution in [0.25, 0.3) is 5.57 Å². The van der Waals surface area contributed by atoms with Gasteiger partial charge in [0.05, 0.1) is 0 Å². The molecule has 0 amide bonds. The molecule has 0 heterocycles. The largest absolute Gasteiger partial charge is 0.309 e. The lowest BCUT2D eigenvalue weighted by molar-refractivity contribution is 1.24. The lowest BCUT2D eigenvalue weighted by Gasteiger charge is -2.01. The third kappa shape index (κ3) is 2.06. The zero-order valence-electron chi connectivity index (χ0n) is 7.25. The van der Waals surface area contributed by atoms with Crippen molar-refractivity contribution in [3.63, 3.8) is 0 Å². The van der Waals surface area contributed by atoms with Gasteiger partial charge in [-0.1, -0.05) is 37.3 Å². The number of hydrogen-bond donors (Lipinski definition) is 1. The Labute approximate surface area is 73.3 Å². The molecule has 1 aromatic carbocycles. The van der Waals surface area contributed by atoms with Crippen molar-refractivity contribution in [2.24, 2.45) is 0 Å². The van der Waals surface area contributed by atoms with Gasteiger partial charge >= 0.3 is 0 Å². The first-order chi connectivity index (χ1) is 5.88. The Bertz CT molecular complexity index is 272. The fraction of sp³-hybridized carbons (Fsp3) is 0.182. The number of hydrogen-bond acceptors (Lipinski definition) is 1. The monoisotopic (exact) mass is 159 g/mol. The van der Waals surface area contributed by atoms with Crippen molar-refractivity contribution < 1.29 is 0 Å². The average molecular weight is 159 g/mol. The van der Waals surface area contributed by atoms with Crippen molar-refractivity contribution in [1.29, 1.82) is 5.41 Å². The lowest BCUT2D eigenvalue weighted by atomic mass is 10.0. The van der Waals surface area contributed by atoms with Crippen molar-refractivity contribution >= 4 is 11.8 Å². The number of benzene rings is 1. The maximum atomic E-state index is 6.98. The summed E-state index contributed by atoms with van der Waals surface area (Å²) in [5.41, 5.74) is 2.43. The van der Waals surface area contributed by atoms with Gasteiger partial charge in [-0.15, -0.1) is 0 Å². The first-order valence-corrected chi connectivity index (χ1v) is 4.13. The third-order valence-corrected chi connectivity index (χ3v) is 1.81. The van der Waals surface area contributed by atoms with Crippen LogP contribution in [0.15, 0.2) is 36.4 Å². The molecule has 0 saturated heterocycles. The molecule has 0 fully saturated rings. The van der Waals surface area contributed by atoms with Gasteiger partial charge in [0.25, 0.3) is 0 Å². The normalized spacial score (nSPS) is 11.2. The van der Waals surface area contributed by atoms with Gasteiger partial charge in [0.2, 0.25) is 0 Å². The summed E-state index contributed by atoms with van der Waals surface area (Å²) >= 11 is 0. The molecule has 0 radical (unpaired) electrons. The highest BCUT2D eigenvalue weighted by molar-refractivity contribution is 5.82. The molecule has 1 rings (SSSR count). The maximum Gasteiger partial charge on any atom is 0.0180 e. The van der Waals surface area contributed by atoms with E-state index in [1.165, 1.54) is 17.4 Å². The Kier molecular flexibility index (Phi) is 3.27. The number of rotatable bonds is 3. The molecular weight excluding hydrogens is 146 g/mol. The van der Waals surface area contributed by atoms with E-state index in [1.54, 1.807) is 0 Å².